The van der Waals surface area contributed by atoms with Crippen molar-refractivity contribution in [3.63, 3.8) is 0 Å². The molecule has 2 heterocycles. The number of benzene rings is 1. The van der Waals surface area contributed by atoms with E-state index in [-0.39, 0.29) is 0 Å². The summed E-state index contributed by atoms with van der Waals surface area (Å²) in [6, 6.07) is 9.57. The molecular weight excluding hydrogens is 346 g/mol. The van der Waals surface area contributed by atoms with Crippen molar-refractivity contribution in [3.8, 4) is 5.75 Å². The summed E-state index contributed by atoms with van der Waals surface area (Å²) in [7, 11) is 0. The lowest BCUT2D eigenvalue weighted by atomic mass is 10.3. The summed E-state index contributed by atoms with van der Waals surface area (Å²) < 4.78 is 7.67. The van der Waals surface area contributed by atoms with Crippen LogP contribution in [0.5, 0.6) is 5.75 Å². The minimum atomic E-state index is 0.312. The van der Waals surface area contributed by atoms with Gasteiger partial charge in [0.1, 0.15) is 22.5 Å². The molecule has 0 fully saturated rings. The van der Waals surface area contributed by atoms with Gasteiger partial charge in [0.05, 0.1) is 12.4 Å². The van der Waals surface area contributed by atoms with Gasteiger partial charge in [0.15, 0.2) is 11.0 Å². The molecule has 0 unspecified atom stereocenters. The van der Waals surface area contributed by atoms with Crippen LogP contribution in [0.1, 0.15) is 5.82 Å². The molecular formula is C16H14ClN5OS. The second-order valence-corrected chi connectivity index (χ2v) is 6.06. The summed E-state index contributed by atoms with van der Waals surface area (Å²) in [4.78, 5) is 8.22. The molecule has 0 spiro atoms. The summed E-state index contributed by atoms with van der Waals surface area (Å²) >= 11 is 7.21. The summed E-state index contributed by atoms with van der Waals surface area (Å²) in [5.74, 6) is 1.48. The Balaban J connectivity index is 1.78. The van der Waals surface area contributed by atoms with Crippen LogP contribution in [0.3, 0.4) is 0 Å². The predicted molar refractivity (Wildman–Crippen MR) is 92.2 cm³/mol. The second-order valence-electron chi connectivity index (χ2n) is 4.68. The minimum Gasteiger partial charge on any atom is -0.486 e. The van der Waals surface area contributed by atoms with E-state index < -0.39 is 0 Å². The molecule has 2 aromatic heterocycles. The molecule has 0 N–H and O–H groups in total. The molecule has 3 aromatic rings. The number of nitrogens with zero attached hydrogens (tertiary/aromatic N) is 5. The Labute approximate surface area is 148 Å². The first-order valence-electron chi connectivity index (χ1n) is 7.12. The van der Waals surface area contributed by atoms with Crippen LogP contribution >= 0.6 is 23.4 Å². The molecule has 3 rings (SSSR count). The average molecular weight is 360 g/mol. The van der Waals surface area contributed by atoms with E-state index in [0.29, 0.717) is 34.3 Å². The van der Waals surface area contributed by atoms with E-state index >= 15 is 0 Å². The number of hydrogen-bond acceptors (Lipinski definition) is 6. The zero-order valence-corrected chi connectivity index (χ0v) is 14.2. The molecule has 0 aliphatic rings. The van der Waals surface area contributed by atoms with Crippen molar-refractivity contribution in [1.82, 2.24) is 24.7 Å². The fraction of sp³-hybridized carbons (Fsp3) is 0.125. The topological polar surface area (TPSA) is 65.7 Å². The van der Waals surface area contributed by atoms with Gasteiger partial charge in [0.2, 0.25) is 0 Å². The van der Waals surface area contributed by atoms with Crippen LogP contribution in [0, 0.1) is 0 Å². The van der Waals surface area contributed by atoms with Crippen molar-refractivity contribution in [3.05, 3.63) is 66.4 Å². The molecule has 24 heavy (non-hydrogen) atoms. The molecule has 0 aliphatic carbocycles. The van der Waals surface area contributed by atoms with Crippen LogP contribution in [0.25, 0.3) is 0 Å². The molecule has 6 nitrogen and oxygen atoms in total. The van der Waals surface area contributed by atoms with Crippen LogP contribution in [-0.2, 0) is 13.2 Å². The zero-order valence-electron chi connectivity index (χ0n) is 12.7. The molecule has 0 saturated carbocycles. The highest BCUT2D eigenvalue weighted by molar-refractivity contribution is 7.99. The fourth-order valence-corrected chi connectivity index (χ4v) is 2.96. The Kier molecular flexibility index (Phi) is 5.45. The van der Waals surface area contributed by atoms with Crippen molar-refractivity contribution >= 4 is 23.4 Å². The summed E-state index contributed by atoms with van der Waals surface area (Å²) in [6.07, 6.45) is 4.89. The van der Waals surface area contributed by atoms with Gasteiger partial charge >= 0.3 is 0 Å². The number of para-hydroxylation sites is 1. The third kappa shape index (κ3) is 4.12. The number of aromatic nitrogens is 5. The molecule has 0 amide bonds. The fourth-order valence-electron chi connectivity index (χ4n) is 1.95. The number of rotatable bonds is 7. The maximum Gasteiger partial charge on any atom is 0.197 e. The molecule has 0 saturated heterocycles. The van der Waals surface area contributed by atoms with Crippen LogP contribution in [0.15, 0.2) is 65.6 Å². The lowest BCUT2D eigenvalue weighted by Gasteiger charge is -2.08. The standard InChI is InChI=1S/C16H14ClN5OS/c1-2-8-22-14(11-23-12-6-4-3-5-7-12)20-21-16(22)24-15-10-18-9-13(17)19-15/h2-7,9-10H,1,8,11H2. The first-order valence-corrected chi connectivity index (χ1v) is 8.32. The van der Waals surface area contributed by atoms with Gasteiger partial charge in [-0.1, -0.05) is 35.9 Å². The Morgan fingerprint density at radius 1 is 1.21 bits per heavy atom. The van der Waals surface area contributed by atoms with Gasteiger partial charge in [-0.05, 0) is 23.9 Å². The van der Waals surface area contributed by atoms with Crippen molar-refractivity contribution in [2.75, 3.05) is 0 Å². The normalized spacial score (nSPS) is 10.5. The third-order valence-corrected chi connectivity index (χ3v) is 4.07. The quantitative estimate of drug-likeness (QED) is 0.600. The Bertz CT molecular complexity index is 824. The Morgan fingerprint density at radius 3 is 2.79 bits per heavy atom. The number of allylic oxidation sites excluding steroid dienone is 1. The highest BCUT2D eigenvalue weighted by Crippen LogP contribution is 2.25. The summed E-state index contributed by atoms with van der Waals surface area (Å²) in [5, 5.41) is 10.1. The van der Waals surface area contributed by atoms with Crippen LogP contribution in [-0.4, -0.2) is 24.7 Å². The smallest absolute Gasteiger partial charge is 0.197 e. The Hall–Kier alpha value is -2.38. The SMILES string of the molecule is C=CCn1c(COc2ccccc2)nnc1Sc1cncc(Cl)n1. The highest BCUT2D eigenvalue weighted by Gasteiger charge is 2.14. The van der Waals surface area contributed by atoms with E-state index in [2.05, 4.69) is 26.7 Å². The van der Waals surface area contributed by atoms with E-state index in [0.717, 1.165) is 5.75 Å². The molecule has 1 aromatic carbocycles. The van der Waals surface area contributed by atoms with Gasteiger partial charge in [0.25, 0.3) is 0 Å². The van der Waals surface area contributed by atoms with E-state index in [1.165, 1.54) is 18.0 Å². The number of halogens is 1. The number of ether oxygens (including phenoxy) is 1. The molecule has 0 atom stereocenters. The largest absolute Gasteiger partial charge is 0.486 e. The van der Waals surface area contributed by atoms with Crippen LogP contribution < -0.4 is 4.74 Å². The van der Waals surface area contributed by atoms with Gasteiger partial charge < -0.3 is 4.74 Å². The van der Waals surface area contributed by atoms with E-state index in [1.54, 1.807) is 12.3 Å². The van der Waals surface area contributed by atoms with Crippen molar-refractivity contribution in [1.29, 1.82) is 0 Å². The van der Waals surface area contributed by atoms with Gasteiger partial charge in [-0.3, -0.25) is 9.55 Å². The highest BCUT2D eigenvalue weighted by atomic mass is 35.5. The monoisotopic (exact) mass is 359 g/mol. The lowest BCUT2D eigenvalue weighted by Crippen LogP contribution is -2.07. The van der Waals surface area contributed by atoms with E-state index in [1.807, 2.05) is 34.9 Å². The molecule has 122 valence electrons. The summed E-state index contributed by atoms with van der Waals surface area (Å²) in [6.45, 7) is 4.66. The zero-order chi connectivity index (χ0) is 16.8. The van der Waals surface area contributed by atoms with Crippen LogP contribution in [0.4, 0.5) is 0 Å². The molecule has 0 bridgehead atoms. The van der Waals surface area contributed by atoms with Gasteiger partial charge in [-0.15, -0.1) is 16.8 Å². The molecule has 0 radical (unpaired) electrons. The maximum atomic E-state index is 5.87. The molecule has 0 aliphatic heterocycles. The van der Waals surface area contributed by atoms with Gasteiger partial charge in [-0.25, -0.2) is 4.98 Å². The van der Waals surface area contributed by atoms with Gasteiger partial charge in [-0.2, -0.15) is 0 Å². The minimum absolute atomic E-state index is 0.312. The lowest BCUT2D eigenvalue weighted by molar-refractivity contribution is 0.289. The maximum absolute atomic E-state index is 5.87. The van der Waals surface area contributed by atoms with Crippen LogP contribution in [0.2, 0.25) is 5.15 Å². The first kappa shape index (κ1) is 16.5. The third-order valence-electron chi connectivity index (χ3n) is 3.00. The average Bonchev–Trinajstić information content (AvgIpc) is 2.96. The molecule has 8 heteroatoms. The van der Waals surface area contributed by atoms with Gasteiger partial charge in [0, 0.05) is 6.54 Å². The van der Waals surface area contributed by atoms with Crippen molar-refractivity contribution in [2.24, 2.45) is 0 Å². The summed E-state index contributed by atoms with van der Waals surface area (Å²) in [5.41, 5.74) is 0. The Morgan fingerprint density at radius 2 is 2.04 bits per heavy atom. The van der Waals surface area contributed by atoms with Crippen molar-refractivity contribution in [2.45, 2.75) is 23.3 Å². The second kappa shape index (κ2) is 7.94. The van der Waals surface area contributed by atoms with Crippen molar-refractivity contribution < 1.29 is 4.74 Å². The number of hydrogen-bond donors (Lipinski definition) is 0. The first-order chi connectivity index (χ1) is 11.8. The van der Waals surface area contributed by atoms with E-state index in [9.17, 15) is 0 Å². The van der Waals surface area contributed by atoms with E-state index in [4.69, 9.17) is 16.3 Å². The predicted octanol–water partition coefficient (Wildman–Crippen LogP) is 3.64.